The molecule has 1 aromatic carbocycles. The van der Waals surface area contributed by atoms with Crippen molar-refractivity contribution in [2.45, 2.75) is 17.6 Å². The van der Waals surface area contributed by atoms with E-state index in [2.05, 4.69) is 15.5 Å². The Morgan fingerprint density at radius 3 is 2.82 bits per heavy atom. The molecule has 0 aliphatic carbocycles. The molecule has 0 aliphatic rings. The van der Waals surface area contributed by atoms with Crippen molar-refractivity contribution in [3.05, 3.63) is 58.2 Å². The predicted molar refractivity (Wildman–Crippen MR) is 87.3 cm³/mol. The Morgan fingerprint density at radius 1 is 1.36 bits per heavy atom. The first-order chi connectivity index (χ1) is 10.7. The molecule has 0 spiro atoms. The van der Waals surface area contributed by atoms with Crippen molar-refractivity contribution in [2.75, 3.05) is 5.32 Å². The van der Waals surface area contributed by atoms with Crippen LogP contribution < -0.4 is 5.32 Å². The van der Waals surface area contributed by atoms with E-state index in [1.807, 2.05) is 23.0 Å². The lowest BCUT2D eigenvalue weighted by Crippen LogP contribution is -2.11. The Kier molecular flexibility index (Phi) is 4.55. The highest BCUT2D eigenvalue weighted by Crippen LogP contribution is 2.23. The number of carbonyl (C=O) groups is 1. The maximum atomic E-state index is 12.1. The average molecular weight is 331 g/mol. The van der Waals surface area contributed by atoms with Crippen LogP contribution in [0.4, 0.5) is 5.82 Å². The van der Waals surface area contributed by atoms with Crippen LogP contribution in [0.5, 0.6) is 0 Å². The molecular formula is C15H13N3O2S2. The number of hydrogen-bond acceptors (Lipinski definition) is 6. The molecule has 22 heavy (non-hydrogen) atoms. The number of hydrogen-bond donors (Lipinski definition) is 1. The minimum Gasteiger partial charge on any atom is -0.360 e. The largest absolute Gasteiger partial charge is 0.360 e. The van der Waals surface area contributed by atoms with Gasteiger partial charge in [-0.1, -0.05) is 5.16 Å². The first-order valence-corrected chi connectivity index (χ1v) is 8.48. The van der Waals surface area contributed by atoms with Crippen LogP contribution in [0.2, 0.25) is 0 Å². The van der Waals surface area contributed by atoms with Gasteiger partial charge < -0.3 is 9.84 Å². The van der Waals surface area contributed by atoms with E-state index in [4.69, 9.17) is 4.52 Å². The Bertz CT molecular complexity index is 751. The molecule has 2 aromatic heterocycles. The molecule has 0 radical (unpaired) electrons. The molecule has 0 aliphatic heterocycles. The van der Waals surface area contributed by atoms with Gasteiger partial charge in [0.2, 0.25) is 0 Å². The SMILES string of the molecule is Cc1cc(NC(=O)c2ccc(SCc3cscn3)cc2)no1. The maximum absolute atomic E-state index is 12.1. The molecule has 1 amide bonds. The van der Waals surface area contributed by atoms with Crippen molar-refractivity contribution in [3.8, 4) is 0 Å². The number of anilines is 1. The Labute approximate surface area is 135 Å². The maximum Gasteiger partial charge on any atom is 0.256 e. The van der Waals surface area contributed by atoms with Gasteiger partial charge in [0.15, 0.2) is 5.82 Å². The average Bonchev–Trinajstić information content (AvgIpc) is 3.17. The third kappa shape index (κ3) is 3.75. The lowest BCUT2D eigenvalue weighted by molar-refractivity contribution is 0.102. The number of rotatable bonds is 5. The standard InChI is InChI=1S/C15H13N3O2S2/c1-10-6-14(18-20-10)17-15(19)11-2-4-13(5-3-11)22-8-12-7-21-9-16-12/h2-7,9H,8H2,1H3,(H,17,18,19). The number of nitrogens with zero attached hydrogens (tertiary/aromatic N) is 2. The smallest absolute Gasteiger partial charge is 0.256 e. The van der Waals surface area contributed by atoms with Crippen LogP contribution >= 0.6 is 23.1 Å². The van der Waals surface area contributed by atoms with Gasteiger partial charge in [-0.05, 0) is 31.2 Å². The van der Waals surface area contributed by atoms with Crippen molar-refractivity contribution < 1.29 is 9.32 Å². The summed E-state index contributed by atoms with van der Waals surface area (Å²) >= 11 is 3.28. The number of aromatic nitrogens is 2. The summed E-state index contributed by atoms with van der Waals surface area (Å²) in [5, 5.41) is 8.47. The quantitative estimate of drug-likeness (QED) is 0.716. The number of amides is 1. The third-order valence-corrected chi connectivity index (χ3v) is 4.54. The number of carbonyl (C=O) groups excluding carboxylic acids is 1. The molecule has 112 valence electrons. The molecule has 0 fully saturated rings. The van der Waals surface area contributed by atoms with Gasteiger partial charge in [0.1, 0.15) is 5.76 Å². The number of thioether (sulfide) groups is 1. The van der Waals surface area contributed by atoms with Crippen molar-refractivity contribution in [3.63, 3.8) is 0 Å². The van der Waals surface area contributed by atoms with Crippen molar-refractivity contribution in [1.82, 2.24) is 10.1 Å². The highest BCUT2D eigenvalue weighted by molar-refractivity contribution is 7.98. The molecule has 0 saturated carbocycles. The summed E-state index contributed by atoms with van der Waals surface area (Å²) < 4.78 is 4.91. The van der Waals surface area contributed by atoms with E-state index >= 15 is 0 Å². The minimum atomic E-state index is -0.204. The van der Waals surface area contributed by atoms with Gasteiger partial charge in [-0.3, -0.25) is 4.79 Å². The second-order valence-corrected chi connectivity index (χ2v) is 6.34. The summed E-state index contributed by atoms with van der Waals surface area (Å²) in [6.45, 7) is 1.77. The molecule has 3 rings (SSSR count). The third-order valence-electron chi connectivity index (χ3n) is 2.86. The fourth-order valence-electron chi connectivity index (χ4n) is 1.78. The molecular weight excluding hydrogens is 318 g/mol. The molecule has 3 aromatic rings. The van der Waals surface area contributed by atoms with E-state index in [1.165, 1.54) is 0 Å². The van der Waals surface area contributed by atoms with Crippen LogP contribution in [0.1, 0.15) is 21.8 Å². The first kappa shape index (κ1) is 14.8. The van der Waals surface area contributed by atoms with Crippen molar-refractivity contribution >= 4 is 34.8 Å². The van der Waals surface area contributed by atoms with Crippen LogP contribution in [0.15, 0.2) is 50.6 Å². The summed E-state index contributed by atoms with van der Waals surface area (Å²) in [5.41, 5.74) is 3.48. The van der Waals surface area contributed by atoms with Gasteiger partial charge in [-0.25, -0.2) is 4.98 Å². The van der Waals surface area contributed by atoms with Crippen molar-refractivity contribution in [1.29, 1.82) is 0 Å². The van der Waals surface area contributed by atoms with Crippen LogP contribution in [0.3, 0.4) is 0 Å². The summed E-state index contributed by atoms with van der Waals surface area (Å²) in [5.74, 6) is 1.70. The predicted octanol–water partition coefficient (Wildman–Crippen LogP) is 3.98. The molecule has 5 nitrogen and oxygen atoms in total. The van der Waals surface area contributed by atoms with Gasteiger partial charge in [-0.15, -0.1) is 23.1 Å². The Balaban J connectivity index is 1.59. The zero-order chi connectivity index (χ0) is 15.4. The monoisotopic (exact) mass is 331 g/mol. The lowest BCUT2D eigenvalue weighted by Gasteiger charge is -2.03. The van der Waals surface area contributed by atoms with Crippen LogP contribution in [-0.4, -0.2) is 16.0 Å². The molecule has 0 atom stereocenters. The molecule has 2 heterocycles. The van der Waals surface area contributed by atoms with Gasteiger partial charge in [0.25, 0.3) is 5.91 Å². The van der Waals surface area contributed by atoms with Gasteiger partial charge >= 0.3 is 0 Å². The zero-order valence-corrected chi connectivity index (χ0v) is 13.4. The summed E-state index contributed by atoms with van der Waals surface area (Å²) in [6.07, 6.45) is 0. The second kappa shape index (κ2) is 6.76. The number of aryl methyl sites for hydroxylation is 1. The number of nitrogens with one attached hydrogen (secondary N) is 1. The summed E-state index contributed by atoms with van der Waals surface area (Å²) in [7, 11) is 0. The minimum absolute atomic E-state index is 0.204. The first-order valence-electron chi connectivity index (χ1n) is 6.55. The van der Waals surface area contributed by atoms with Gasteiger partial charge in [-0.2, -0.15) is 0 Å². The second-order valence-electron chi connectivity index (χ2n) is 4.57. The van der Waals surface area contributed by atoms with E-state index < -0.39 is 0 Å². The number of benzene rings is 1. The van der Waals surface area contributed by atoms with Crippen LogP contribution in [0.25, 0.3) is 0 Å². The fraction of sp³-hybridized carbons (Fsp3) is 0.133. The highest BCUT2D eigenvalue weighted by atomic mass is 32.2. The molecule has 1 N–H and O–H groups in total. The fourth-order valence-corrected chi connectivity index (χ4v) is 3.25. The zero-order valence-electron chi connectivity index (χ0n) is 11.8. The van der Waals surface area contributed by atoms with Crippen LogP contribution in [-0.2, 0) is 5.75 Å². The summed E-state index contributed by atoms with van der Waals surface area (Å²) in [6, 6.07) is 9.13. The number of thiazole rings is 1. The van der Waals surface area contributed by atoms with Gasteiger partial charge in [0, 0.05) is 27.7 Å². The normalized spacial score (nSPS) is 10.6. The van der Waals surface area contributed by atoms with E-state index in [9.17, 15) is 4.79 Å². The lowest BCUT2D eigenvalue weighted by atomic mass is 10.2. The Morgan fingerprint density at radius 2 is 2.18 bits per heavy atom. The molecule has 7 heteroatoms. The highest BCUT2D eigenvalue weighted by Gasteiger charge is 2.09. The van der Waals surface area contributed by atoms with E-state index in [-0.39, 0.29) is 5.91 Å². The van der Waals surface area contributed by atoms with Gasteiger partial charge in [0.05, 0.1) is 11.2 Å². The van der Waals surface area contributed by atoms with E-state index in [0.29, 0.717) is 17.1 Å². The molecule has 0 unspecified atom stereocenters. The molecule has 0 bridgehead atoms. The van der Waals surface area contributed by atoms with Crippen LogP contribution in [0, 0.1) is 6.92 Å². The topological polar surface area (TPSA) is 68.0 Å². The van der Waals surface area contributed by atoms with Crippen molar-refractivity contribution in [2.24, 2.45) is 0 Å². The summed E-state index contributed by atoms with van der Waals surface area (Å²) in [4.78, 5) is 17.4. The molecule has 0 saturated heterocycles. The van der Waals surface area contributed by atoms with E-state index in [0.717, 1.165) is 16.3 Å². The Hall–Kier alpha value is -2.12. The van der Waals surface area contributed by atoms with E-state index in [1.54, 1.807) is 48.2 Å².